The zero-order valence-corrected chi connectivity index (χ0v) is 13.9. The highest BCUT2D eigenvalue weighted by atomic mass is 16.5. The lowest BCUT2D eigenvalue weighted by atomic mass is 9.86. The number of rotatable bonds is 5. The molecule has 1 heterocycles. The summed E-state index contributed by atoms with van der Waals surface area (Å²) in [5.74, 6) is 0.940. The van der Waals surface area contributed by atoms with Gasteiger partial charge in [0.15, 0.2) is 6.61 Å². The molecule has 0 bridgehead atoms. The second-order valence-electron chi connectivity index (χ2n) is 6.33. The van der Waals surface area contributed by atoms with E-state index >= 15 is 0 Å². The third-order valence-electron chi connectivity index (χ3n) is 3.32. The van der Waals surface area contributed by atoms with E-state index < -0.39 is 0 Å². The van der Waals surface area contributed by atoms with Gasteiger partial charge in [-0.25, -0.2) is 5.43 Å². The van der Waals surface area contributed by atoms with Crippen LogP contribution in [0.4, 0.5) is 0 Å². The normalized spacial score (nSPS) is 11.7. The lowest BCUT2D eigenvalue weighted by molar-refractivity contribution is -0.123. The Balaban J connectivity index is 1.87. The van der Waals surface area contributed by atoms with E-state index in [2.05, 4.69) is 37.4 Å². The minimum absolute atomic E-state index is 0.0846. The van der Waals surface area contributed by atoms with Crippen molar-refractivity contribution < 1.29 is 13.9 Å². The Hall–Kier alpha value is -2.56. The van der Waals surface area contributed by atoms with Crippen LogP contribution in [0.1, 0.15) is 37.7 Å². The quantitative estimate of drug-likeness (QED) is 0.679. The number of hydrogen-bond acceptors (Lipinski definition) is 4. The van der Waals surface area contributed by atoms with E-state index in [1.165, 1.54) is 18.0 Å². The van der Waals surface area contributed by atoms with Crippen molar-refractivity contribution in [2.75, 3.05) is 6.61 Å². The van der Waals surface area contributed by atoms with Crippen molar-refractivity contribution in [2.24, 2.45) is 5.10 Å². The van der Waals surface area contributed by atoms with Crippen LogP contribution in [0.5, 0.6) is 5.75 Å². The molecule has 1 amide bonds. The van der Waals surface area contributed by atoms with Crippen molar-refractivity contribution in [1.29, 1.82) is 0 Å². The molecule has 0 unspecified atom stereocenters. The third kappa shape index (κ3) is 4.98. The van der Waals surface area contributed by atoms with Crippen LogP contribution in [0.3, 0.4) is 0 Å². The van der Waals surface area contributed by atoms with Gasteiger partial charge in [-0.05, 0) is 41.7 Å². The van der Waals surface area contributed by atoms with E-state index in [1.807, 2.05) is 19.1 Å². The van der Waals surface area contributed by atoms with E-state index in [0.29, 0.717) is 11.5 Å². The van der Waals surface area contributed by atoms with Crippen LogP contribution < -0.4 is 10.2 Å². The van der Waals surface area contributed by atoms with Crippen molar-refractivity contribution in [2.45, 2.75) is 33.1 Å². The lowest BCUT2D eigenvalue weighted by Gasteiger charge is -2.20. The Labute approximate surface area is 136 Å². The molecule has 122 valence electrons. The Kier molecular flexibility index (Phi) is 5.21. The van der Waals surface area contributed by atoms with Gasteiger partial charge in [0.05, 0.1) is 12.5 Å². The summed E-state index contributed by atoms with van der Waals surface area (Å²) in [6.45, 7) is 8.36. The zero-order chi connectivity index (χ0) is 16.9. The minimum Gasteiger partial charge on any atom is -0.483 e. The van der Waals surface area contributed by atoms with Crippen LogP contribution >= 0.6 is 0 Å². The molecule has 0 saturated carbocycles. The van der Waals surface area contributed by atoms with E-state index in [1.54, 1.807) is 12.1 Å². The van der Waals surface area contributed by atoms with Crippen LogP contribution in [-0.4, -0.2) is 18.7 Å². The SMILES string of the molecule is Cc1cc(C(C)(C)C)ccc1OCC(=O)N/N=C/c1ccco1. The van der Waals surface area contributed by atoms with E-state index in [4.69, 9.17) is 9.15 Å². The van der Waals surface area contributed by atoms with Gasteiger partial charge >= 0.3 is 0 Å². The molecule has 5 nitrogen and oxygen atoms in total. The molecule has 0 aliphatic rings. The summed E-state index contributed by atoms with van der Waals surface area (Å²) >= 11 is 0. The average molecular weight is 314 g/mol. The predicted octanol–water partition coefficient (Wildman–Crippen LogP) is 3.41. The van der Waals surface area contributed by atoms with Gasteiger partial charge in [0.25, 0.3) is 5.91 Å². The number of amides is 1. The number of benzene rings is 1. The summed E-state index contributed by atoms with van der Waals surface area (Å²) in [5.41, 5.74) is 4.71. The van der Waals surface area contributed by atoms with Gasteiger partial charge < -0.3 is 9.15 Å². The molecule has 2 aromatic rings. The highest BCUT2D eigenvalue weighted by molar-refractivity contribution is 5.81. The molecule has 0 radical (unpaired) electrons. The first-order chi connectivity index (χ1) is 10.9. The molecule has 0 aliphatic heterocycles. The molecular weight excluding hydrogens is 292 g/mol. The number of carbonyl (C=O) groups excluding carboxylic acids is 1. The predicted molar refractivity (Wildman–Crippen MR) is 89.8 cm³/mol. The maximum atomic E-state index is 11.7. The number of nitrogens with one attached hydrogen (secondary N) is 1. The smallest absolute Gasteiger partial charge is 0.277 e. The second kappa shape index (κ2) is 7.13. The Morgan fingerprint density at radius 2 is 2.13 bits per heavy atom. The van der Waals surface area contributed by atoms with Gasteiger partial charge in [-0.15, -0.1) is 0 Å². The number of ether oxygens (including phenoxy) is 1. The third-order valence-corrected chi connectivity index (χ3v) is 3.32. The Morgan fingerprint density at radius 1 is 1.35 bits per heavy atom. The van der Waals surface area contributed by atoms with Crippen LogP contribution in [0.25, 0.3) is 0 Å². The van der Waals surface area contributed by atoms with E-state index in [0.717, 1.165) is 5.56 Å². The molecule has 0 fully saturated rings. The van der Waals surface area contributed by atoms with Gasteiger partial charge in [0.1, 0.15) is 11.5 Å². The molecule has 0 atom stereocenters. The average Bonchev–Trinajstić information content (AvgIpc) is 2.98. The molecule has 0 spiro atoms. The summed E-state index contributed by atoms with van der Waals surface area (Å²) in [5, 5.41) is 3.80. The fraction of sp³-hybridized carbons (Fsp3) is 0.333. The highest BCUT2D eigenvalue weighted by Crippen LogP contribution is 2.27. The molecule has 2 rings (SSSR count). The first kappa shape index (κ1) is 16.8. The van der Waals surface area contributed by atoms with Crippen molar-refractivity contribution in [3.63, 3.8) is 0 Å². The number of hydrazone groups is 1. The molecule has 1 aromatic carbocycles. The standard InChI is InChI=1S/C18H22N2O3/c1-13-10-14(18(2,3)4)7-8-16(13)23-12-17(21)20-19-11-15-6-5-9-22-15/h5-11H,12H2,1-4H3,(H,20,21)/b19-11+. The number of nitrogens with zero attached hydrogens (tertiary/aromatic N) is 1. The summed E-state index contributed by atoms with van der Waals surface area (Å²) in [6.07, 6.45) is 2.97. The summed E-state index contributed by atoms with van der Waals surface area (Å²) < 4.78 is 10.6. The topological polar surface area (TPSA) is 63.8 Å². The summed E-state index contributed by atoms with van der Waals surface area (Å²) in [4.78, 5) is 11.7. The second-order valence-corrected chi connectivity index (χ2v) is 6.33. The van der Waals surface area contributed by atoms with Gasteiger partial charge in [-0.2, -0.15) is 5.10 Å². The monoisotopic (exact) mass is 314 g/mol. The van der Waals surface area contributed by atoms with E-state index in [-0.39, 0.29) is 17.9 Å². The zero-order valence-electron chi connectivity index (χ0n) is 13.9. The maximum Gasteiger partial charge on any atom is 0.277 e. The molecular formula is C18H22N2O3. The first-order valence-corrected chi connectivity index (χ1v) is 7.45. The van der Waals surface area contributed by atoms with Crippen molar-refractivity contribution in [3.8, 4) is 5.75 Å². The van der Waals surface area contributed by atoms with Crippen molar-refractivity contribution in [1.82, 2.24) is 5.43 Å². The molecule has 0 aliphatic carbocycles. The number of carbonyl (C=O) groups is 1. The van der Waals surface area contributed by atoms with Gasteiger partial charge in [-0.1, -0.05) is 32.9 Å². The van der Waals surface area contributed by atoms with Crippen molar-refractivity contribution in [3.05, 3.63) is 53.5 Å². The number of furan rings is 1. The molecule has 1 N–H and O–H groups in total. The fourth-order valence-corrected chi connectivity index (χ4v) is 1.99. The van der Waals surface area contributed by atoms with Gasteiger partial charge in [-0.3, -0.25) is 4.79 Å². The minimum atomic E-state index is -0.327. The number of hydrogen-bond donors (Lipinski definition) is 1. The Bertz CT molecular complexity index is 683. The highest BCUT2D eigenvalue weighted by Gasteiger charge is 2.15. The fourth-order valence-electron chi connectivity index (χ4n) is 1.99. The van der Waals surface area contributed by atoms with E-state index in [9.17, 15) is 4.79 Å². The Morgan fingerprint density at radius 3 is 2.74 bits per heavy atom. The maximum absolute atomic E-state index is 11.7. The lowest BCUT2D eigenvalue weighted by Crippen LogP contribution is -2.24. The van der Waals surface area contributed by atoms with Crippen LogP contribution in [0.2, 0.25) is 0 Å². The molecule has 1 aromatic heterocycles. The number of aryl methyl sites for hydroxylation is 1. The van der Waals surface area contributed by atoms with Crippen LogP contribution in [0, 0.1) is 6.92 Å². The summed E-state index contributed by atoms with van der Waals surface area (Å²) in [6, 6.07) is 9.50. The first-order valence-electron chi connectivity index (χ1n) is 7.45. The van der Waals surface area contributed by atoms with Crippen LogP contribution in [-0.2, 0) is 10.2 Å². The molecule has 5 heteroatoms. The largest absolute Gasteiger partial charge is 0.483 e. The van der Waals surface area contributed by atoms with Gasteiger partial charge in [0, 0.05) is 0 Å². The molecule has 0 saturated heterocycles. The van der Waals surface area contributed by atoms with Crippen molar-refractivity contribution >= 4 is 12.1 Å². The van der Waals surface area contributed by atoms with Gasteiger partial charge in [0.2, 0.25) is 0 Å². The molecule has 23 heavy (non-hydrogen) atoms. The summed E-state index contributed by atoms with van der Waals surface area (Å²) in [7, 11) is 0. The van der Waals surface area contributed by atoms with Crippen LogP contribution in [0.15, 0.2) is 46.1 Å².